The molecule has 2 heterocycles. The van der Waals surface area contributed by atoms with Gasteiger partial charge in [0.15, 0.2) is 5.03 Å². The summed E-state index contributed by atoms with van der Waals surface area (Å²) in [5.74, 6) is 1.15. The van der Waals surface area contributed by atoms with Gasteiger partial charge in [-0.25, -0.2) is 8.42 Å². The van der Waals surface area contributed by atoms with Crippen LogP contribution in [-0.2, 0) is 16.6 Å². The first-order chi connectivity index (χ1) is 9.87. The van der Waals surface area contributed by atoms with Gasteiger partial charge in [-0.15, -0.1) is 0 Å². The maximum atomic E-state index is 12.7. The predicted molar refractivity (Wildman–Crippen MR) is 80.2 cm³/mol. The van der Waals surface area contributed by atoms with Crippen LogP contribution in [0.5, 0.6) is 0 Å². The second-order valence-corrected chi connectivity index (χ2v) is 7.98. The number of nitrogens with one attached hydrogen (secondary N) is 1. The lowest BCUT2D eigenvalue weighted by atomic mass is 9.89. The molecule has 1 unspecified atom stereocenters. The molecule has 1 atom stereocenters. The molecule has 7 heteroatoms. The molecule has 0 bridgehead atoms. The number of aromatic amines is 1. The lowest BCUT2D eigenvalue weighted by Crippen LogP contribution is -2.33. The van der Waals surface area contributed by atoms with Crippen molar-refractivity contribution in [3.8, 4) is 0 Å². The molecule has 1 aromatic heterocycles. The van der Waals surface area contributed by atoms with Crippen molar-refractivity contribution in [3.05, 3.63) is 11.3 Å². The molecule has 0 radical (unpaired) electrons. The van der Waals surface area contributed by atoms with Gasteiger partial charge in [-0.05, 0) is 38.0 Å². The molecular weight excluding hydrogens is 290 g/mol. The van der Waals surface area contributed by atoms with Crippen molar-refractivity contribution in [1.82, 2.24) is 14.5 Å². The highest BCUT2D eigenvalue weighted by Crippen LogP contribution is 2.28. The van der Waals surface area contributed by atoms with Crippen LogP contribution in [0, 0.1) is 18.8 Å². The van der Waals surface area contributed by atoms with Crippen molar-refractivity contribution >= 4 is 10.0 Å². The number of aliphatic hydroxyl groups is 1. The molecule has 21 heavy (non-hydrogen) atoms. The lowest BCUT2D eigenvalue weighted by molar-refractivity contribution is 0.277. The Morgan fingerprint density at radius 2 is 2.10 bits per heavy atom. The fourth-order valence-electron chi connectivity index (χ4n) is 2.95. The van der Waals surface area contributed by atoms with Gasteiger partial charge in [0.1, 0.15) is 0 Å². The molecule has 2 rings (SSSR count). The van der Waals surface area contributed by atoms with Gasteiger partial charge in [-0.2, -0.15) is 9.40 Å². The van der Waals surface area contributed by atoms with Gasteiger partial charge in [0.2, 0.25) is 0 Å². The fourth-order valence-corrected chi connectivity index (χ4v) is 4.60. The third-order valence-electron chi connectivity index (χ3n) is 4.45. The molecule has 1 aliphatic rings. The van der Waals surface area contributed by atoms with E-state index in [0.717, 1.165) is 19.3 Å². The SMILES string of the molecule is Cc1[nH]nc(S(=O)(=O)N2CCCC(C(C)C)CC2)c1CO. The highest BCUT2D eigenvalue weighted by atomic mass is 32.2. The van der Waals surface area contributed by atoms with Crippen molar-refractivity contribution in [2.45, 2.75) is 51.7 Å². The van der Waals surface area contributed by atoms with Crippen LogP contribution in [0.3, 0.4) is 0 Å². The zero-order valence-electron chi connectivity index (χ0n) is 13.0. The Hall–Kier alpha value is -0.920. The minimum Gasteiger partial charge on any atom is -0.392 e. The van der Waals surface area contributed by atoms with Crippen molar-refractivity contribution < 1.29 is 13.5 Å². The molecule has 6 nitrogen and oxygen atoms in total. The largest absolute Gasteiger partial charge is 0.392 e. The van der Waals surface area contributed by atoms with E-state index in [-0.39, 0.29) is 11.6 Å². The molecular formula is C14H25N3O3S. The highest BCUT2D eigenvalue weighted by Gasteiger charge is 2.32. The number of aliphatic hydroxyl groups excluding tert-OH is 1. The topological polar surface area (TPSA) is 86.3 Å². The fraction of sp³-hybridized carbons (Fsp3) is 0.786. The maximum Gasteiger partial charge on any atom is 0.262 e. The molecule has 0 saturated carbocycles. The summed E-state index contributed by atoms with van der Waals surface area (Å²) in [5, 5.41) is 15.9. The van der Waals surface area contributed by atoms with Gasteiger partial charge in [0.05, 0.1) is 6.61 Å². The van der Waals surface area contributed by atoms with Gasteiger partial charge < -0.3 is 5.11 Å². The monoisotopic (exact) mass is 315 g/mol. The van der Waals surface area contributed by atoms with Crippen LogP contribution in [0.1, 0.15) is 44.4 Å². The quantitative estimate of drug-likeness (QED) is 0.884. The lowest BCUT2D eigenvalue weighted by Gasteiger charge is -2.20. The summed E-state index contributed by atoms with van der Waals surface area (Å²) < 4.78 is 27.0. The third-order valence-corrected chi connectivity index (χ3v) is 6.32. The first-order valence-corrected chi connectivity index (χ1v) is 8.96. The van der Waals surface area contributed by atoms with E-state index >= 15 is 0 Å². The zero-order valence-corrected chi connectivity index (χ0v) is 13.8. The first kappa shape index (κ1) is 16.5. The smallest absolute Gasteiger partial charge is 0.262 e. The average Bonchev–Trinajstić information content (AvgIpc) is 2.65. The van der Waals surface area contributed by atoms with E-state index in [0.29, 0.717) is 36.2 Å². The van der Waals surface area contributed by atoms with Gasteiger partial charge in [0, 0.05) is 24.3 Å². The van der Waals surface area contributed by atoms with Crippen molar-refractivity contribution in [1.29, 1.82) is 0 Å². The number of nitrogens with zero attached hydrogens (tertiary/aromatic N) is 2. The minimum absolute atomic E-state index is 0.0227. The Labute approximate surface area is 126 Å². The average molecular weight is 315 g/mol. The Morgan fingerprint density at radius 1 is 1.38 bits per heavy atom. The summed E-state index contributed by atoms with van der Waals surface area (Å²) in [6, 6.07) is 0. The van der Waals surface area contributed by atoms with E-state index in [1.165, 1.54) is 4.31 Å². The Morgan fingerprint density at radius 3 is 2.71 bits per heavy atom. The third kappa shape index (κ3) is 3.30. The van der Waals surface area contributed by atoms with E-state index in [1.54, 1.807) is 6.92 Å². The van der Waals surface area contributed by atoms with Crippen LogP contribution in [0.15, 0.2) is 5.03 Å². The van der Waals surface area contributed by atoms with Crippen LogP contribution in [-0.4, -0.2) is 41.1 Å². The number of rotatable bonds is 4. The molecule has 120 valence electrons. The number of sulfonamides is 1. The summed E-state index contributed by atoms with van der Waals surface area (Å²) in [5.41, 5.74) is 0.977. The molecule has 2 N–H and O–H groups in total. The Kier molecular flexibility index (Phi) is 5.06. The number of H-pyrrole nitrogens is 1. The van der Waals surface area contributed by atoms with Crippen LogP contribution >= 0.6 is 0 Å². The van der Waals surface area contributed by atoms with Crippen LogP contribution in [0.2, 0.25) is 0 Å². The second-order valence-electron chi connectivity index (χ2n) is 6.13. The predicted octanol–water partition coefficient (Wildman–Crippen LogP) is 1.66. The van der Waals surface area contributed by atoms with Crippen LogP contribution < -0.4 is 0 Å². The summed E-state index contributed by atoms with van der Waals surface area (Å²) in [6.07, 6.45) is 2.82. The molecule has 1 saturated heterocycles. The van der Waals surface area contributed by atoms with Crippen LogP contribution in [0.4, 0.5) is 0 Å². The van der Waals surface area contributed by atoms with Gasteiger partial charge in [0.25, 0.3) is 10.0 Å². The van der Waals surface area contributed by atoms with Gasteiger partial charge in [-0.3, -0.25) is 5.10 Å². The summed E-state index contributed by atoms with van der Waals surface area (Å²) >= 11 is 0. The zero-order chi connectivity index (χ0) is 15.6. The van der Waals surface area contributed by atoms with Crippen molar-refractivity contribution in [2.24, 2.45) is 11.8 Å². The summed E-state index contributed by atoms with van der Waals surface area (Å²) in [6.45, 7) is 6.84. The normalized spacial score (nSPS) is 21.7. The summed E-state index contributed by atoms with van der Waals surface area (Å²) in [4.78, 5) is 0. The van der Waals surface area contributed by atoms with E-state index in [1.807, 2.05) is 0 Å². The van der Waals surface area contributed by atoms with E-state index in [2.05, 4.69) is 24.0 Å². The number of hydrogen-bond donors (Lipinski definition) is 2. The molecule has 0 aromatic carbocycles. The molecule has 1 aromatic rings. The van der Waals surface area contributed by atoms with Crippen LogP contribution in [0.25, 0.3) is 0 Å². The summed E-state index contributed by atoms with van der Waals surface area (Å²) in [7, 11) is -3.63. The minimum atomic E-state index is -3.63. The van der Waals surface area contributed by atoms with E-state index in [9.17, 15) is 13.5 Å². The highest BCUT2D eigenvalue weighted by molar-refractivity contribution is 7.89. The maximum absolute atomic E-state index is 12.7. The molecule has 1 fully saturated rings. The number of aromatic nitrogens is 2. The number of hydrogen-bond acceptors (Lipinski definition) is 4. The molecule has 0 aliphatic carbocycles. The Bertz CT molecular complexity index is 580. The van der Waals surface area contributed by atoms with Gasteiger partial charge in [-0.1, -0.05) is 13.8 Å². The molecule has 0 spiro atoms. The number of aryl methyl sites for hydroxylation is 1. The van der Waals surface area contributed by atoms with Crippen molar-refractivity contribution in [2.75, 3.05) is 13.1 Å². The Balaban J connectivity index is 2.23. The van der Waals surface area contributed by atoms with Gasteiger partial charge >= 0.3 is 0 Å². The van der Waals surface area contributed by atoms with E-state index in [4.69, 9.17) is 0 Å². The van der Waals surface area contributed by atoms with E-state index < -0.39 is 10.0 Å². The standard InChI is InChI=1S/C14H25N3O3S/c1-10(2)12-5-4-7-17(8-6-12)21(19,20)14-13(9-18)11(3)15-16-14/h10,12,18H,4-9H2,1-3H3,(H,15,16). The van der Waals surface area contributed by atoms with Crippen molar-refractivity contribution in [3.63, 3.8) is 0 Å². The molecule has 1 aliphatic heterocycles. The second kappa shape index (κ2) is 6.46. The first-order valence-electron chi connectivity index (χ1n) is 7.52. The molecule has 0 amide bonds.